The number of nitrogens with one attached hydrogen (secondary N) is 1. The van der Waals surface area contributed by atoms with E-state index in [1.165, 1.54) is 4.57 Å². The van der Waals surface area contributed by atoms with Crippen molar-refractivity contribution < 1.29 is 28.2 Å². The van der Waals surface area contributed by atoms with Crippen molar-refractivity contribution in [1.82, 2.24) is 9.88 Å². The number of aromatic nitrogens is 1. The molecule has 0 spiro atoms. The minimum atomic E-state index is -1.50. The maximum Gasteiger partial charge on any atom is 0.407 e. The molecule has 8 nitrogen and oxygen atoms in total. The zero-order valence-electron chi connectivity index (χ0n) is 18.7. The lowest BCUT2D eigenvalue weighted by atomic mass is 10.1. The van der Waals surface area contributed by atoms with Gasteiger partial charge in [0.2, 0.25) is 5.43 Å². The number of benzene rings is 1. The summed E-state index contributed by atoms with van der Waals surface area (Å²) in [6.07, 6.45) is 0.420. The van der Waals surface area contributed by atoms with Gasteiger partial charge < -0.3 is 24.6 Å². The number of carboxylic acids is 1. The third-order valence-electron chi connectivity index (χ3n) is 5.42. The van der Waals surface area contributed by atoms with E-state index in [2.05, 4.69) is 5.32 Å². The molecule has 1 aromatic carbocycles. The van der Waals surface area contributed by atoms with Crippen molar-refractivity contribution in [2.24, 2.45) is 5.92 Å². The Kier molecular flexibility index (Phi) is 6.88. The van der Waals surface area contributed by atoms with Crippen LogP contribution >= 0.6 is 11.6 Å². The van der Waals surface area contributed by atoms with Crippen LogP contribution in [0.25, 0.3) is 10.9 Å². The van der Waals surface area contributed by atoms with E-state index >= 15 is 4.39 Å². The van der Waals surface area contributed by atoms with Crippen LogP contribution in [0.3, 0.4) is 0 Å². The zero-order valence-corrected chi connectivity index (χ0v) is 19.5. The molecule has 1 aliphatic heterocycles. The maximum atomic E-state index is 15.2. The summed E-state index contributed by atoms with van der Waals surface area (Å²) in [5.74, 6) is -2.39. The molecule has 0 bridgehead atoms. The number of ether oxygens (including phenoxy) is 1. The van der Waals surface area contributed by atoms with Gasteiger partial charge in [0.05, 0.1) is 34.2 Å². The fourth-order valence-corrected chi connectivity index (χ4v) is 4.40. The van der Waals surface area contributed by atoms with Crippen molar-refractivity contribution in [3.63, 3.8) is 0 Å². The van der Waals surface area contributed by atoms with Crippen molar-refractivity contribution >= 4 is 40.3 Å². The van der Waals surface area contributed by atoms with Gasteiger partial charge in [0, 0.05) is 19.3 Å². The molecule has 1 saturated heterocycles. The number of nitrogens with zero attached hydrogens (tertiary/aromatic N) is 2. The summed E-state index contributed by atoms with van der Waals surface area (Å²) in [5.41, 5.74) is -2.12. The van der Waals surface area contributed by atoms with E-state index in [1.54, 1.807) is 25.7 Å². The summed E-state index contributed by atoms with van der Waals surface area (Å²) in [7, 11) is 0. The highest BCUT2D eigenvalue weighted by Gasteiger charge is 2.35. The molecule has 0 aliphatic carbocycles. The highest BCUT2D eigenvalue weighted by molar-refractivity contribution is 6.38. The highest BCUT2D eigenvalue weighted by Crippen LogP contribution is 2.38. The highest BCUT2D eigenvalue weighted by atomic mass is 35.5. The molecular formula is C22H26ClF2N3O5. The van der Waals surface area contributed by atoms with Gasteiger partial charge >= 0.3 is 12.1 Å². The maximum absolute atomic E-state index is 15.2. The average Bonchev–Trinajstić information content (AvgIpc) is 3.01. The predicted molar refractivity (Wildman–Crippen MR) is 121 cm³/mol. The zero-order chi connectivity index (χ0) is 24.7. The van der Waals surface area contributed by atoms with Gasteiger partial charge in [0.25, 0.3) is 0 Å². The number of anilines is 1. The molecule has 11 heteroatoms. The van der Waals surface area contributed by atoms with E-state index in [4.69, 9.17) is 16.3 Å². The lowest BCUT2D eigenvalue weighted by Gasteiger charge is -2.24. The van der Waals surface area contributed by atoms with Gasteiger partial charge in [-0.05, 0) is 32.8 Å². The van der Waals surface area contributed by atoms with Crippen LogP contribution in [0.1, 0.15) is 38.1 Å². The van der Waals surface area contributed by atoms with Crippen LogP contribution in [0.5, 0.6) is 0 Å². The minimum absolute atomic E-state index is 0.000381. The molecule has 0 saturated carbocycles. The fourth-order valence-electron chi connectivity index (χ4n) is 3.98. The Morgan fingerprint density at radius 3 is 2.58 bits per heavy atom. The molecule has 1 fully saturated rings. The van der Waals surface area contributed by atoms with Crippen molar-refractivity contribution in [3.8, 4) is 0 Å². The number of carboxylic acid groups (broad SMARTS) is 1. The minimum Gasteiger partial charge on any atom is -0.477 e. The van der Waals surface area contributed by atoms with Crippen molar-refractivity contribution in [1.29, 1.82) is 0 Å². The first-order valence-electron chi connectivity index (χ1n) is 10.4. The van der Waals surface area contributed by atoms with Crippen LogP contribution in [0, 0.1) is 11.7 Å². The van der Waals surface area contributed by atoms with E-state index in [9.17, 15) is 23.9 Å². The summed E-state index contributed by atoms with van der Waals surface area (Å²) in [4.78, 5) is 37.9. The number of pyridine rings is 1. The molecule has 2 aromatic rings. The van der Waals surface area contributed by atoms with Gasteiger partial charge in [0.1, 0.15) is 23.7 Å². The average molecular weight is 486 g/mol. The van der Waals surface area contributed by atoms with Gasteiger partial charge in [-0.2, -0.15) is 0 Å². The molecule has 1 amide bonds. The van der Waals surface area contributed by atoms with Crippen molar-refractivity contribution in [2.75, 3.05) is 24.7 Å². The first-order chi connectivity index (χ1) is 15.3. The van der Waals surface area contributed by atoms with Crippen LogP contribution in [-0.4, -0.2) is 53.1 Å². The normalized spacial score (nSPS) is 18.6. The number of carbonyl (C=O) groups is 2. The molecule has 1 aliphatic rings. The van der Waals surface area contributed by atoms with Crippen LogP contribution < -0.4 is 15.6 Å². The number of halogens is 3. The number of fused-ring (bicyclic) bond motifs is 1. The standard InChI is InChI=1S/C22H26ClF2N3O5/c1-11-8-28(10-15(11)26-21(32)33-22(2,3)4)18-14(25)7-12-17(16(18)23)27(6-5-24)9-13(19(12)29)20(30)31/h7,9,11,15H,5-6,8,10H2,1-4H3,(H,26,32)(H,30,31). The lowest BCUT2D eigenvalue weighted by Crippen LogP contribution is -2.42. The molecule has 33 heavy (non-hydrogen) atoms. The number of hydrogen-bond acceptors (Lipinski definition) is 5. The van der Waals surface area contributed by atoms with Crippen LogP contribution in [0.4, 0.5) is 19.3 Å². The van der Waals surface area contributed by atoms with Gasteiger partial charge in [-0.3, -0.25) is 4.79 Å². The molecule has 0 radical (unpaired) electrons. The Bertz CT molecular complexity index is 1160. The third-order valence-corrected chi connectivity index (χ3v) is 5.77. The second-order valence-electron chi connectivity index (χ2n) is 9.11. The Balaban J connectivity index is 2.03. The first-order valence-corrected chi connectivity index (χ1v) is 10.8. The number of carbonyl (C=O) groups excluding carboxylic acids is 1. The van der Waals surface area contributed by atoms with E-state index < -0.39 is 41.1 Å². The fraction of sp³-hybridized carbons (Fsp3) is 0.500. The molecule has 2 atom stereocenters. The SMILES string of the molecule is CC1CN(c2c(F)cc3c(=O)c(C(=O)O)cn(CCF)c3c2Cl)CC1NC(=O)OC(C)(C)C. The van der Waals surface area contributed by atoms with Crippen LogP contribution in [0.15, 0.2) is 17.1 Å². The Morgan fingerprint density at radius 2 is 2.00 bits per heavy atom. The molecule has 180 valence electrons. The molecule has 2 unspecified atom stereocenters. The van der Waals surface area contributed by atoms with E-state index in [-0.39, 0.29) is 46.7 Å². The van der Waals surface area contributed by atoms with E-state index in [1.807, 2.05) is 6.92 Å². The topological polar surface area (TPSA) is 101 Å². The number of alkyl halides is 1. The number of rotatable bonds is 5. The second kappa shape index (κ2) is 9.17. The number of hydrogen-bond donors (Lipinski definition) is 2. The quantitative estimate of drug-likeness (QED) is 0.668. The summed E-state index contributed by atoms with van der Waals surface area (Å²) >= 11 is 6.54. The van der Waals surface area contributed by atoms with Gasteiger partial charge in [-0.25, -0.2) is 18.4 Å². The predicted octanol–water partition coefficient (Wildman–Crippen LogP) is 3.81. The van der Waals surface area contributed by atoms with Crippen LogP contribution in [-0.2, 0) is 11.3 Å². The van der Waals surface area contributed by atoms with Gasteiger partial charge in [-0.1, -0.05) is 18.5 Å². The summed E-state index contributed by atoms with van der Waals surface area (Å²) in [6, 6.07) is 0.577. The number of alkyl carbamates (subject to hydrolysis) is 1. The monoisotopic (exact) mass is 485 g/mol. The van der Waals surface area contributed by atoms with Gasteiger partial charge in [-0.15, -0.1) is 0 Å². The Morgan fingerprint density at radius 1 is 1.33 bits per heavy atom. The summed E-state index contributed by atoms with van der Waals surface area (Å²) in [6.45, 7) is 6.58. The van der Waals surface area contributed by atoms with E-state index in [0.717, 1.165) is 12.3 Å². The number of aryl methyl sites for hydroxylation is 1. The Labute approximate surface area is 194 Å². The largest absolute Gasteiger partial charge is 0.477 e. The number of aromatic carboxylic acids is 1. The molecule has 3 rings (SSSR count). The molecule has 2 heterocycles. The lowest BCUT2D eigenvalue weighted by molar-refractivity contribution is 0.0499. The first kappa shape index (κ1) is 24.8. The second-order valence-corrected chi connectivity index (χ2v) is 9.49. The molecule has 1 aromatic heterocycles. The van der Waals surface area contributed by atoms with Crippen molar-refractivity contribution in [2.45, 2.75) is 45.9 Å². The Hall–Kier alpha value is -2.88. The third kappa shape index (κ3) is 5.05. The molecular weight excluding hydrogens is 460 g/mol. The summed E-state index contributed by atoms with van der Waals surface area (Å²) in [5, 5.41) is 11.7. The summed E-state index contributed by atoms with van der Waals surface area (Å²) < 4.78 is 34.9. The van der Waals surface area contributed by atoms with E-state index in [0.29, 0.717) is 6.54 Å². The number of amides is 1. The van der Waals surface area contributed by atoms with Crippen molar-refractivity contribution in [3.05, 3.63) is 38.9 Å². The van der Waals surface area contributed by atoms with Crippen LogP contribution in [0.2, 0.25) is 5.02 Å². The smallest absolute Gasteiger partial charge is 0.407 e. The molecule has 2 N–H and O–H groups in total. The van der Waals surface area contributed by atoms with Gasteiger partial charge in [0.15, 0.2) is 0 Å².